The summed E-state index contributed by atoms with van der Waals surface area (Å²) >= 11 is 0. The SMILES string of the molecule is CC1(n2ncc3cncnc32)SSCC1(O)c1ccccc1Oc1ccccc1F. The Balaban J connectivity index is 1.64. The van der Waals surface area contributed by atoms with Gasteiger partial charge in [-0.1, -0.05) is 51.9 Å². The van der Waals surface area contributed by atoms with Crippen LogP contribution in [0.3, 0.4) is 0 Å². The van der Waals surface area contributed by atoms with Gasteiger partial charge >= 0.3 is 0 Å². The number of aliphatic hydroxyl groups is 1. The summed E-state index contributed by atoms with van der Waals surface area (Å²) in [7, 11) is 3.05. The summed E-state index contributed by atoms with van der Waals surface area (Å²) in [6.45, 7) is 1.92. The molecule has 0 amide bonds. The molecule has 1 aliphatic rings. The molecule has 152 valence electrons. The summed E-state index contributed by atoms with van der Waals surface area (Å²) in [5, 5.41) is 17.3. The molecule has 2 aromatic carbocycles. The van der Waals surface area contributed by atoms with Crippen LogP contribution in [-0.2, 0) is 10.5 Å². The van der Waals surface area contributed by atoms with Gasteiger partial charge in [0.2, 0.25) is 0 Å². The van der Waals surface area contributed by atoms with Gasteiger partial charge < -0.3 is 9.84 Å². The van der Waals surface area contributed by atoms with Crippen LogP contribution in [0.4, 0.5) is 4.39 Å². The lowest BCUT2D eigenvalue weighted by atomic mass is 9.87. The highest BCUT2D eigenvalue weighted by atomic mass is 33.1. The first kappa shape index (κ1) is 19.3. The summed E-state index contributed by atoms with van der Waals surface area (Å²) < 4.78 is 21.8. The molecule has 6 nitrogen and oxygen atoms in total. The first-order valence-corrected chi connectivity index (χ1v) is 11.5. The lowest BCUT2D eigenvalue weighted by Gasteiger charge is -2.38. The van der Waals surface area contributed by atoms with E-state index in [1.54, 1.807) is 58.2 Å². The van der Waals surface area contributed by atoms with E-state index < -0.39 is 16.3 Å². The quantitative estimate of drug-likeness (QED) is 0.461. The van der Waals surface area contributed by atoms with Crippen LogP contribution in [0.1, 0.15) is 12.5 Å². The molecule has 1 fully saturated rings. The van der Waals surface area contributed by atoms with E-state index in [1.165, 1.54) is 23.2 Å². The monoisotopic (exact) mass is 440 g/mol. The maximum absolute atomic E-state index is 14.2. The van der Waals surface area contributed by atoms with Gasteiger partial charge in [-0.25, -0.2) is 19.0 Å². The molecule has 0 saturated carbocycles. The van der Waals surface area contributed by atoms with Crippen molar-refractivity contribution in [2.24, 2.45) is 0 Å². The summed E-state index contributed by atoms with van der Waals surface area (Å²) in [4.78, 5) is 7.53. The smallest absolute Gasteiger partial charge is 0.165 e. The maximum atomic E-state index is 14.2. The highest BCUT2D eigenvalue weighted by Crippen LogP contribution is 2.61. The third-order valence-corrected chi connectivity index (χ3v) is 8.45. The Morgan fingerprint density at radius 3 is 2.70 bits per heavy atom. The van der Waals surface area contributed by atoms with Crippen molar-refractivity contribution >= 4 is 32.6 Å². The number of halogens is 1. The van der Waals surface area contributed by atoms with Crippen molar-refractivity contribution < 1.29 is 14.2 Å². The Kier molecular flexibility index (Phi) is 4.68. The first-order valence-electron chi connectivity index (χ1n) is 9.22. The molecule has 2 unspecified atom stereocenters. The molecule has 0 bridgehead atoms. The van der Waals surface area contributed by atoms with Crippen molar-refractivity contribution in [1.82, 2.24) is 19.7 Å². The molecular formula is C21H17FN4O2S2. The predicted octanol–water partition coefficient (Wildman–Crippen LogP) is 4.71. The number of para-hydroxylation sites is 2. The summed E-state index contributed by atoms with van der Waals surface area (Å²) in [5.41, 5.74) is -0.159. The number of nitrogens with zero attached hydrogens (tertiary/aromatic N) is 4. The van der Waals surface area contributed by atoms with Crippen LogP contribution in [0.15, 0.2) is 67.3 Å². The minimum atomic E-state index is -1.35. The fourth-order valence-electron chi connectivity index (χ4n) is 3.60. The average Bonchev–Trinajstić information content (AvgIpc) is 3.32. The molecule has 1 aliphatic heterocycles. The van der Waals surface area contributed by atoms with Gasteiger partial charge in [-0.15, -0.1) is 0 Å². The second-order valence-corrected chi connectivity index (χ2v) is 9.77. The van der Waals surface area contributed by atoms with Gasteiger partial charge in [0.15, 0.2) is 22.1 Å². The maximum Gasteiger partial charge on any atom is 0.165 e. The molecular weight excluding hydrogens is 423 g/mol. The summed E-state index contributed by atoms with van der Waals surface area (Å²) in [5.74, 6) is 0.432. The van der Waals surface area contributed by atoms with Crippen molar-refractivity contribution in [3.05, 3.63) is 78.6 Å². The van der Waals surface area contributed by atoms with E-state index in [9.17, 15) is 9.50 Å². The van der Waals surface area contributed by atoms with E-state index >= 15 is 0 Å². The summed E-state index contributed by atoms with van der Waals surface area (Å²) in [6.07, 6.45) is 4.84. The van der Waals surface area contributed by atoms with Crippen molar-refractivity contribution in [3.8, 4) is 11.5 Å². The third-order valence-electron chi connectivity index (χ3n) is 5.28. The largest absolute Gasteiger partial charge is 0.454 e. The zero-order chi connectivity index (χ0) is 20.8. The zero-order valence-corrected chi connectivity index (χ0v) is 17.5. The lowest BCUT2D eigenvalue weighted by Crippen LogP contribution is -2.48. The second-order valence-electron chi connectivity index (χ2n) is 7.08. The molecule has 2 aromatic heterocycles. The molecule has 0 aliphatic carbocycles. The minimum absolute atomic E-state index is 0.103. The van der Waals surface area contributed by atoms with Crippen LogP contribution in [0.25, 0.3) is 11.0 Å². The third kappa shape index (κ3) is 2.88. The first-order chi connectivity index (χ1) is 14.5. The van der Waals surface area contributed by atoms with Gasteiger partial charge in [0, 0.05) is 17.5 Å². The van der Waals surface area contributed by atoms with Crippen LogP contribution >= 0.6 is 21.6 Å². The van der Waals surface area contributed by atoms with Crippen LogP contribution in [0.5, 0.6) is 11.5 Å². The highest BCUT2D eigenvalue weighted by Gasteiger charge is 2.57. The van der Waals surface area contributed by atoms with E-state index in [4.69, 9.17) is 4.74 Å². The molecule has 4 aromatic rings. The Bertz CT molecular complexity index is 1240. The standard InChI is InChI=1S/C21H17FN4O2S2/c1-20(26-19-14(11-25-26)10-23-13-24-19)21(27,12-29-30-20)15-6-2-4-8-17(15)28-18-9-5-3-7-16(18)22/h2-11,13,27H,12H2,1H3. The number of aromatic nitrogens is 4. The van der Waals surface area contributed by atoms with Crippen LogP contribution in [0, 0.1) is 5.82 Å². The predicted molar refractivity (Wildman–Crippen MR) is 116 cm³/mol. The van der Waals surface area contributed by atoms with Gasteiger partial charge in [0.25, 0.3) is 0 Å². The van der Waals surface area contributed by atoms with Crippen LogP contribution in [-0.4, -0.2) is 30.6 Å². The zero-order valence-electron chi connectivity index (χ0n) is 15.9. The number of hydrogen-bond acceptors (Lipinski definition) is 7. The van der Waals surface area contributed by atoms with Gasteiger partial charge in [-0.05, 0) is 25.1 Å². The molecule has 0 spiro atoms. The average molecular weight is 441 g/mol. The van der Waals surface area contributed by atoms with Gasteiger partial charge in [-0.3, -0.25) is 0 Å². The van der Waals surface area contributed by atoms with Crippen molar-refractivity contribution in [2.45, 2.75) is 17.4 Å². The molecule has 0 radical (unpaired) electrons. The number of fused-ring (bicyclic) bond motifs is 1. The van der Waals surface area contributed by atoms with Crippen LogP contribution in [0.2, 0.25) is 0 Å². The van der Waals surface area contributed by atoms with E-state index in [2.05, 4.69) is 15.1 Å². The highest BCUT2D eigenvalue weighted by molar-refractivity contribution is 8.77. The second kappa shape index (κ2) is 7.26. The topological polar surface area (TPSA) is 73.1 Å². The molecule has 5 rings (SSSR count). The van der Waals surface area contributed by atoms with Crippen LogP contribution < -0.4 is 4.74 Å². The Morgan fingerprint density at radius 2 is 1.87 bits per heavy atom. The number of ether oxygens (including phenoxy) is 1. The lowest BCUT2D eigenvalue weighted by molar-refractivity contribution is -0.00698. The van der Waals surface area contributed by atoms with Crippen molar-refractivity contribution in [1.29, 1.82) is 0 Å². The number of rotatable bonds is 4. The fourth-order valence-corrected chi connectivity index (χ4v) is 7.12. The molecule has 9 heteroatoms. The van der Waals surface area contributed by atoms with E-state index in [0.29, 0.717) is 22.7 Å². The van der Waals surface area contributed by atoms with Crippen molar-refractivity contribution in [2.75, 3.05) is 5.75 Å². The van der Waals surface area contributed by atoms with E-state index in [-0.39, 0.29) is 5.75 Å². The number of benzene rings is 2. The minimum Gasteiger partial charge on any atom is -0.454 e. The normalized spacial score (nSPS) is 23.7. The van der Waals surface area contributed by atoms with E-state index in [0.717, 1.165) is 5.39 Å². The van der Waals surface area contributed by atoms with Gasteiger partial charge in [0.05, 0.1) is 11.6 Å². The molecule has 30 heavy (non-hydrogen) atoms. The molecule has 1 N–H and O–H groups in total. The molecule has 3 heterocycles. The Hall–Kier alpha value is -2.62. The fraction of sp³-hybridized carbons (Fsp3) is 0.190. The Labute approximate surface area is 179 Å². The van der Waals surface area contributed by atoms with Crippen molar-refractivity contribution in [3.63, 3.8) is 0 Å². The molecule has 2 atom stereocenters. The Morgan fingerprint density at radius 1 is 1.10 bits per heavy atom. The van der Waals surface area contributed by atoms with Gasteiger partial charge in [-0.2, -0.15) is 5.10 Å². The van der Waals surface area contributed by atoms with E-state index in [1.807, 2.05) is 19.1 Å². The number of hydrogen-bond donors (Lipinski definition) is 1. The molecule has 1 saturated heterocycles. The summed E-state index contributed by atoms with van der Waals surface area (Å²) in [6, 6.07) is 13.4. The van der Waals surface area contributed by atoms with Gasteiger partial charge in [0.1, 0.15) is 17.7 Å².